The summed E-state index contributed by atoms with van der Waals surface area (Å²) in [5, 5.41) is 14.0. The average molecular weight is 306 g/mol. The highest BCUT2D eigenvalue weighted by Crippen LogP contribution is 2.26. The number of aryl methyl sites for hydroxylation is 1. The maximum Gasteiger partial charge on any atom is 0.292 e. The fraction of sp³-hybridized carbons (Fsp3) is 0.0714. The van der Waals surface area contributed by atoms with Crippen molar-refractivity contribution in [1.29, 1.82) is 0 Å². The van der Waals surface area contributed by atoms with Crippen LogP contribution >= 0.6 is 11.6 Å². The summed E-state index contributed by atoms with van der Waals surface area (Å²) >= 11 is 5.88. The zero-order valence-corrected chi connectivity index (χ0v) is 11.8. The SMILES string of the molecule is Cc1ccc(Cl)cc1NC(=O)c1cccc([N+](=O)[O-])c1N. The van der Waals surface area contributed by atoms with E-state index in [-0.39, 0.29) is 16.9 Å². The topological polar surface area (TPSA) is 98.3 Å². The molecule has 0 fully saturated rings. The Balaban J connectivity index is 2.35. The first-order chi connectivity index (χ1) is 9.90. The van der Waals surface area contributed by atoms with Crippen LogP contribution in [0, 0.1) is 17.0 Å². The van der Waals surface area contributed by atoms with Crippen LogP contribution in [0.2, 0.25) is 5.02 Å². The molecule has 2 aromatic carbocycles. The standard InChI is InChI=1S/C14H12ClN3O3/c1-8-5-6-9(15)7-11(8)17-14(19)10-3-2-4-12(13(10)16)18(20)21/h2-7H,16H2,1H3,(H,17,19). The van der Waals surface area contributed by atoms with Crippen LogP contribution in [0.1, 0.15) is 15.9 Å². The summed E-state index contributed by atoms with van der Waals surface area (Å²) in [5.74, 6) is -0.526. The second kappa shape index (κ2) is 5.80. The highest BCUT2D eigenvalue weighted by molar-refractivity contribution is 6.31. The van der Waals surface area contributed by atoms with Crippen molar-refractivity contribution in [3.8, 4) is 0 Å². The van der Waals surface area contributed by atoms with Gasteiger partial charge in [0.1, 0.15) is 5.69 Å². The van der Waals surface area contributed by atoms with E-state index in [2.05, 4.69) is 5.32 Å². The third-order valence-electron chi connectivity index (χ3n) is 2.97. The number of nitro benzene ring substituents is 1. The highest BCUT2D eigenvalue weighted by atomic mass is 35.5. The highest BCUT2D eigenvalue weighted by Gasteiger charge is 2.19. The van der Waals surface area contributed by atoms with Crippen LogP contribution in [-0.4, -0.2) is 10.8 Å². The minimum Gasteiger partial charge on any atom is -0.393 e. The van der Waals surface area contributed by atoms with E-state index in [9.17, 15) is 14.9 Å². The summed E-state index contributed by atoms with van der Waals surface area (Å²) in [6, 6.07) is 9.15. The monoisotopic (exact) mass is 305 g/mol. The van der Waals surface area contributed by atoms with E-state index in [1.165, 1.54) is 18.2 Å². The molecule has 0 aliphatic heterocycles. The molecule has 0 bridgehead atoms. The summed E-state index contributed by atoms with van der Waals surface area (Å²) < 4.78 is 0. The number of nitrogens with two attached hydrogens (primary N) is 1. The minimum absolute atomic E-state index is 0.0450. The number of nitrogens with one attached hydrogen (secondary N) is 1. The summed E-state index contributed by atoms with van der Waals surface area (Å²) in [4.78, 5) is 22.4. The van der Waals surface area contributed by atoms with Crippen molar-refractivity contribution < 1.29 is 9.72 Å². The number of halogens is 1. The molecule has 1 amide bonds. The van der Waals surface area contributed by atoms with Gasteiger partial charge in [0.2, 0.25) is 0 Å². The normalized spacial score (nSPS) is 10.2. The lowest BCUT2D eigenvalue weighted by molar-refractivity contribution is -0.383. The third-order valence-corrected chi connectivity index (χ3v) is 3.21. The average Bonchev–Trinajstić information content (AvgIpc) is 2.42. The Kier molecular flexibility index (Phi) is 4.09. The molecular formula is C14H12ClN3O3. The number of carbonyl (C=O) groups excluding carboxylic acids is 1. The predicted octanol–water partition coefficient (Wildman–Crippen LogP) is 3.39. The van der Waals surface area contributed by atoms with Crippen molar-refractivity contribution in [1.82, 2.24) is 0 Å². The van der Waals surface area contributed by atoms with Crippen LogP contribution in [0.25, 0.3) is 0 Å². The number of hydrogen-bond donors (Lipinski definition) is 2. The number of nitrogens with zero attached hydrogens (tertiary/aromatic N) is 1. The molecule has 0 unspecified atom stereocenters. The van der Waals surface area contributed by atoms with Gasteiger partial charge in [-0.3, -0.25) is 14.9 Å². The Morgan fingerprint density at radius 3 is 2.71 bits per heavy atom. The van der Waals surface area contributed by atoms with Crippen molar-refractivity contribution in [3.63, 3.8) is 0 Å². The number of benzene rings is 2. The second-order valence-corrected chi connectivity index (χ2v) is 4.85. The largest absolute Gasteiger partial charge is 0.393 e. The first kappa shape index (κ1) is 14.8. The first-order valence-corrected chi connectivity index (χ1v) is 6.38. The van der Waals surface area contributed by atoms with E-state index in [1.54, 1.807) is 18.2 Å². The summed E-state index contributed by atoms with van der Waals surface area (Å²) in [6.45, 7) is 1.81. The van der Waals surface area contributed by atoms with Gasteiger partial charge in [-0.05, 0) is 30.7 Å². The number of para-hydroxylation sites is 1. The summed E-state index contributed by atoms with van der Waals surface area (Å²) in [5.41, 5.74) is 6.60. The number of anilines is 2. The zero-order chi connectivity index (χ0) is 15.6. The number of rotatable bonds is 3. The van der Waals surface area contributed by atoms with Gasteiger partial charge in [0.25, 0.3) is 11.6 Å². The van der Waals surface area contributed by atoms with Crippen LogP contribution in [0.15, 0.2) is 36.4 Å². The molecule has 7 heteroatoms. The zero-order valence-electron chi connectivity index (χ0n) is 11.1. The van der Waals surface area contributed by atoms with Crippen molar-refractivity contribution in [2.75, 3.05) is 11.1 Å². The molecular weight excluding hydrogens is 294 g/mol. The smallest absolute Gasteiger partial charge is 0.292 e. The van der Waals surface area contributed by atoms with Crippen LogP contribution in [0.3, 0.4) is 0 Å². The van der Waals surface area contributed by atoms with Gasteiger partial charge >= 0.3 is 0 Å². The molecule has 3 N–H and O–H groups in total. The van der Waals surface area contributed by atoms with Crippen LogP contribution in [0.4, 0.5) is 17.1 Å². The van der Waals surface area contributed by atoms with Gasteiger partial charge in [-0.1, -0.05) is 23.7 Å². The summed E-state index contributed by atoms with van der Waals surface area (Å²) in [7, 11) is 0. The van der Waals surface area contributed by atoms with Crippen LogP contribution < -0.4 is 11.1 Å². The van der Waals surface area contributed by atoms with Crippen molar-refractivity contribution >= 4 is 34.6 Å². The molecule has 6 nitrogen and oxygen atoms in total. The van der Waals surface area contributed by atoms with Gasteiger partial charge in [0, 0.05) is 16.8 Å². The fourth-order valence-electron chi connectivity index (χ4n) is 1.83. The van der Waals surface area contributed by atoms with E-state index in [0.29, 0.717) is 10.7 Å². The molecule has 0 aliphatic rings. The molecule has 21 heavy (non-hydrogen) atoms. The Morgan fingerprint density at radius 1 is 1.33 bits per heavy atom. The lowest BCUT2D eigenvalue weighted by Gasteiger charge is -2.10. The molecule has 0 aromatic heterocycles. The molecule has 0 spiro atoms. The van der Waals surface area contributed by atoms with E-state index in [1.807, 2.05) is 6.92 Å². The Hall–Kier alpha value is -2.60. The van der Waals surface area contributed by atoms with E-state index < -0.39 is 10.8 Å². The maximum atomic E-state index is 12.2. The predicted molar refractivity (Wildman–Crippen MR) is 81.7 cm³/mol. The molecule has 0 aliphatic carbocycles. The molecule has 108 valence electrons. The van der Waals surface area contributed by atoms with Gasteiger partial charge in [-0.25, -0.2) is 0 Å². The molecule has 2 aromatic rings. The Morgan fingerprint density at radius 2 is 2.05 bits per heavy atom. The second-order valence-electron chi connectivity index (χ2n) is 4.41. The Bertz CT molecular complexity index is 731. The van der Waals surface area contributed by atoms with Crippen LogP contribution in [-0.2, 0) is 0 Å². The van der Waals surface area contributed by atoms with Gasteiger partial charge < -0.3 is 11.1 Å². The molecule has 0 atom stereocenters. The van der Waals surface area contributed by atoms with Gasteiger partial charge in [0.05, 0.1) is 10.5 Å². The number of nitrogen functional groups attached to an aromatic ring is 1. The molecule has 0 heterocycles. The van der Waals surface area contributed by atoms with Gasteiger partial charge in [0.15, 0.2) is 0 Å². The lowest BCUT2D eigenvalue weighted by atomic mass is 10.1. The van der Waals surface area contributed by atoms with Crippen molar-refractivity contribution in [3.05, 3.63) is 62.7 Å². The van der Waals surface area contributed by atoms with E-state index in [0.717, 1.165) is 5.56 Å². The summed E-state index contributed by atoms with van der Waals surface area (Å²) in [6.07, 6.45) is 0. The van der Waals surface area contributed by atoms with Crippen molar-refractivity contribution in [2.24, 2.45) is 0 Å². The van der Waals surface area contributed by atoms with Gasteiger partial charge in [-0.15, -0.1) is 0 Å². The number of amides is 1. The number of nitro groups is 1. The van der Waals surface area contributed by atoms with E-state index in [4.69, 9.17) is 17.3 Å². The lowest BCUT2D eigenvalue weighted by Crippen LogP contribution is -2.15. The first-order valence-electron chi connectivity index (χ1n) is 6.00. The maximum absolute atomic E-state index is 12.2. The minimum atomic E-state index is -0.628. The third kappa shape index (κ3) is 3.11. The van der Waals surface area contributed by atoms with Gasteiger partial charge in [-0.2, -0.15) is 0 Å². The quantitative estimate of drug-likeness (QED) is 0.516. The number of hydrogen-bond acceptors (Lipinski definition) is 4. The molecule has 0 radical (unpaired) electrons. The number of carbonyl (C=O) groups is 1. The molecule has 0 saturated carbocycles. The van der Waals surface area contributed by atoms with Crippen LogP contribution in [0.5, 0.6) is 0 Å². The molecule has 0 saturated heterocycles. The van der Waals surface area contributed by atoms with E-state index >= 15 is 0 Å². The molecule has 2 rings (SSSR count). The Labute approximate surface area is 125 Å². The fourth-order valence-corrected chi connectivity index (χ4v) is 2.00. The van der Waals surface area contributed by atoms with Crippen molar-refractivity contribution in [2.45, 2.75) is 6.92 Å².